The van der Waals surface area contributed by atoms with Crippen LogP contribution < -0.4 is 5.32 Å². The number of fused-ring (bicyclic) bond motifs is 1. The molecule has 34 heavy (non-hydrogen) atoms. The summed E-state index contributed by atoms with van der Waals surface area (Å²) in [5, 5.41) is 4.11. The summed E-state index contributed by atoms with van der Waals surface area (Å²) in [4.78, 5) is 30.7. The first-order chi connectivity index (χ1) is 16.0. The Hall–Kier alpha value is -3.19. The molecule has 0 bridgehead atoms. The zero-order valence-corrected chi connectivity index (χ0v) is 20.8. The van der Waals surface area contributed by atoms with E-state index in [9.17, 15) is 14.0 Å². The monoisotopic (exact) mass is 485 g/mol. The fourth-order valence-electron chi connectivity index (χ4n) is 3.48. The molecule has 1 N–H and O–H groups in total. The molecule has 2 amide bonds. The van der Waals surface area contributed by atoms with Gasteiger partial charge in [-0.3, -0.25) is 9.78 Å². The predicted octanol–water partition coefficient (Wildman–Crippen LogP) is 5.99. The Labute approximate surface area is 204 Å². The molecule has 0 aliphatic heterocycles. The molecule has 1 aromatic heterocycles. The zero-order valence-electron chi connectivity index (χ0n) is 20.0. The summed E-state index contributed by atoms with van der Waals surface area (Å²) in [5.41, 5.74) is 2.05. The maximum atomic E-state index is 14.9. The number of halogens is 2. The lowest BCUT2D eigenvalue weighted by molar-refractivity contribution is 0.0261. The Balaban J connectivity index is 1.68. The highest BCUT2D eigenvalue weighted by atomic mass is 35.5. The normalized spacial score (nSPS) is 11.4. The number of hydrogen-bond acceptors (Lipinski definition) is 4. The van der Waals surface area contributed by atoms with Crippen molar-refractivity contribution in [1.82, 2.24) is 15.2 Å². The average molecular weight is 486 g/mol. The van der Waals surface area contributed by atoms with E-state index in [1.807, 2.05) is 19.9 Å². The van der Waals surface area contributed by atoms with Crippen LogP contribution in [0.25, 0.3) is 22.0 Å². The van der Waals surface area contributed by atoms with Gasteiger partial charge in [-0.1, -0.05) is 29.8 Å². The summed E-state index contributed by atoms with van der Waals surface area (Å²) in [7, 11) is 0. The van der Waals surface area contributed by atoms with E-state index in [0.29, 0.717) is 28.2 Å². The van der Waals surface area contributed by atoms with Crippen molar-refractivity contribution in [3.8, 4) is 11.1 Å². The summed E-state index contributed by atoms with van der Waals surface area (Å²) < 4.78 is 20.3. The lowest BCUT2D eigenvalue weighted by Crippen LogP contribution is -2.41. The predicted molar refractivity (Wildman–Crippen MR) is 133 cm³/mol. The quantitative estimate of drug-likeness (QED) is 0.465. The molecule has 6 nitrogen and oxygen atoms in total. The first kappa shape index (κ1) is 25.4. The summed E-state index contributed by atoms with van der Waals surface area (Å²) in [6.45, 7) is 10.0. The van der Waals surface area contributed by atoms with Gasteiger partial charge in [0, 0.05) is 41.8 Å². The number of rotatable bonds is 6. The number of hydrogen-bond donors (Lipinski definition) is 1. The molecule has 0 fully saturated rings. The first-order valence-corrected chi connectivity index (χ1v) is 11.5. The van der Waals surface area contributed by atoms with Crippen molar-refractivity contribution in [2.45, 2.75) is 40.2 Å². The van der Waals surface area contributed by atoms with E-state index < -0.39 is 23.4 Å². The maximum absolute atomic E-state index is 14.9. The highest BCUT2D eigenvalue weighted by Crippen LogP contribution is 2.30. The van der Waals surface area contributed by atoms with E-state index in [1.54, 1.807) is 51.1 Å². The summed E-state index contributed by atoms with van der Waals surface area (Å²) in [6, 6.07) is 11.5. The van der Waals surface area contributed by atoms with Gasteiger partial charge < -0.3 is 15.0 Å². The van der Waals surface area contributed by atoms with E-state index >= 15 is 0 Å². The molecule has 0 unspecified atom stereocenters. The largest absolute Gasteiger partial charge is 0.444 e. The van der Waals surface area contributed by atoms with Crippen LogP contribution in [0.3, 0.4) is 0 Å². The molecule has 0 aliphatic carbocycles. The zero-order chi connectivity index (χ0) is 25.0. The van der Waals surface area contributed by atoms with Crippen LogP contribution in [-0.2, 0) is 4.74 Å². The molecule has 2 aromatic carbocycles. The molecule has 1 heterocycles. The fraction of sp³-hybridized carbons (Fsp3) is 0.346. The minimum atomic E-state index is -0.598. The molecule has 0 spiro atoms. The number of ether oxygens (including phenoxy) is 1. The van der Waals surface area contributed by atoms with Crippen LogP contribution in [0.2, 0.25) is 5.02 Å². The lowest BCUT2D eigenvalue weighted by Gasteiger charge is -2.26. The van der Waals surface area contributed by atoms with Crippen molar-refractivity contribution in [2.75, 3.05) is 19.6 Å². The summed E-state index contributed by atoms with van der Waals surface area (Å²) in [5.74, 6) is -0.942. The van der Waals surface area contributed by atoms with Gasteiger partial charge >= 0.3 is 6.09 Å². The molecule has 0 saturated carbocycles. The second-order valence-corrected chi connectivity index (χ2v) is 9.40. The van der Waals surface area contributed by atoms with E-state index in [1.165, 1.54) is 11.0 Å². The minimum absolute atomic E-state index is 0.194. The number of pyridine rings is 1. The molecule has 0 atom stereocenters. The van der Waals surface area contributed by atoms with Crippen molar-refractivity contribution >= 4 is 34.5 Å². The lowest BCUT2D eigenvalue weighted by atomic mass is 10.0. The Morgan fingerprint density at radius 3 is 2.53 bits per heavy atom. The topological polar surface area (TPSA) is 71.5 Å². The molecular formula is C26H29ClFN3O3. The summed E-state index contributed by atoms with van der Waals surface area (Å²) >= 11 is 6.28. The number of nitrogens with one attached hydrogen (secondary N) is 1. The molecular weight excluding hydrogens is 457 g/mol. The number of aryl methyl sites for hydroxylation is 1. The van der Waals surface area contributed by atoms with E-state index in [-0.39, 0.29) is 18.7 Å². The first-order valence-electron chi connectivity index (χ1n) is 11.1. The molecule has 180 valence electrons. The standard InChI is InChI=1S/C26H29ClFN3O3/c1-6-31(25(33)34-26(3,4)5)12-11-29-24(32)18-8-9-19(22(28)14-18)17-7-10-20-21(27)13-16(2)30-23(20)15-17/h7-10,13-15H,6,11-12H2,1-5H3,(H,29,32). The maximum Gasteiger partial charge on any atom is 0.410 e. The van der Waals surface area contributed by atoms with Gasteiger partial charge in [-0.15, -0.1) is 0 Å². The van der Waals surface area contributed by atoms with Gasteiger partial charge in [0.1, 0.15) is 11.4 Å². The Morgan fingerprint density at radius 1 is 1.15 bits per heavy atom. The van der Waals surface area contributed by atoms with Crippen molar-refractivity contribution < 1.29 is 18.7 Å². The van der Waals surface area contributed by atoms with Crippen LogP contribution in [0, 0.1) is 12.7 Å². The molecule has 0 saturated heterocycles. The minimum Gasteiger partial charge on any atom is -0.444 e. The average Bonchev–Trinajstić information content (AvgIpc) is 2.74. The molecule has 3 aromatic rings. The molecule has 0 radical (unpaired) electrons. The smallest absolute Gasteiger partial charge is 0.410 e. The molecule has 3 rings (SSSR count). The number of likely N-dealkylation sites (N-methyl/N-ethyl adjacent to an activating group) is 1. The Kier molecular flexibility index (Phi) is 7.77. The van der Waals surface area contributed by atoms with Crippen molar-refractivity contribution in [2.24, 2.45) is 0 Å². The second kappa shape index (κ2) is 10.4. The molecule has 8 heteroatoms. The summed E-state index contributed by atoms with van der Waals surface area (Å²) in [6.07, 6.45) is -0.444. The Morgan fingerprint density at radius 2 is 1.88 bits per heavy atom. The van der Waals surface area contributed by atoms with Crippen LogP contribution in [-0.4, -0.2) is 47.1 Å². The third-order valence-electron chi connectivity index (χ3n) is 5.13. The van der Waals surface area contributed by atoms with Crippen LogP contribution >= 0.6 is 11.6 Å². The van der Waals surface area contributed by atoms with Crippen molar-refractivity contribution in [3.63, 3.8) is 0 Å². The second-order valence-electron chi connectivity index (χ2n) is 8.99. The SMILES string of the molecule is CCN(CCNC(=O)c1ccc(-c2ccc3c(Cl)cc(C)nc3c2)c(F)c1)C(=O)OC(C)(C)C. The van der Waals surface area contributed by atoms with Crippen molar-refractivity contribution in [3.05, 3.63) is 64.6 Å². The van der Waals surface area contributed by atoms with Crippen LogP contribution in [0.4, 0.5) is 9.18 Å². The van der Waals surface area contributed by atoms with E-state index in [4.69, 9.17) is 16.3 Å². The fourth-order valence-corrected chi connectivity index (χ4v) is 3.80. The van der Waals surface area contributed by atoms with Gasteiger partial charge in [-0.2, -0.15) is 0 Å². The van der Waals surface area contributed by atoms with Gasteiger partial charge in [0.2, 0.25) is 0 Å². The number of carbonyl (C=O) groups excluding carboxylic acids is 2. The van der Waals surface area contributed by atoms with Gasteiger partial charge in [0.05, 0.1) is 10.5 Å². The van der Waals surface area contributed by atoms with Gasteiger partial charge in [0.15, 0.2) is 0 Å². The van der Waals surface area contributed by atoms with Crippen LogP contribution in [0.5, 0.6) is 0 Å². The third kappa shape index (κ3) is 6.23. The number of carbonyl (C=O) groups is 2. The van der Waals surface area contributed by atoms with Gasteiger partial charge in [-0.25, -0.2) is 9.18 Å². The van der Waals surface area contributed by atoms with E-state index in [2.05, 4.69) is 10.3 Å². The third-order valence-corrected chi connectivity index (χ3v) is 5.44. The Bertz CT molecular complexity index is 1220. The highest BCUT2D eigenvalue weighted by molar-refractivity contribution is 6.35. The number of amides is 2. The number of benzene rings is 2. The highest BCUT2D eigenvalue weighted by Gasteiger charge is 2.21. The number of nitrogens with zero attached hydrogens (tertiary/aromatic N) is 2. The van der Waals surface area contributed by atoms with E-state index in [0.717, 1.165) is 11.1 Å². The van der Waals surface area contributed by atoms with Gasteiger partial charge in [0.25, 0.3) is 5.91 Å². The number of aromatic nitrogens is 1. The van der Waals surface area contributed by atoms with Crippen LogP contribution in [0.15, 0.2) is 42.5 Å². The van der Waals surface area contributed by atoms with Crippen LogP contribution in [0.1, 0.15) is 43.7 Å². The van der Waals surface area contributed by atoms with Crippen molar-refractivity contribution in [1.29, 1.82) is 0 Å². The van der Waals surface area contributed by atoms with Gasteiger partial charge in [-0.05, 0) is 64.4 Å². The molecule has 0 aliphatic rings.